The summed E-state index contributed by atoms with van der Waals surface area (Å²) in [5.74, 6) is -1.97. The lowest BCUT2D eigenvalue weighted by atomic mass is 10.0. The van der Waals surface area contributed by atoms with Gasteiger partial charge in [0.15, 0.2) is 0 Å². The quantitative estimate of drug-likeness (QED) is 0.0714. The number of carboxylic acid groups (broad SMARTS) is 1. The Labute approximate surface area is 326 Å². The van der Waals surface area contributed by atoms with Crippen LogP contribution >= 0.6 is 0 Å². The molecule has 0 aromatic heterocycles. The molecule has 0 spiro atoms. The summed E-state index contributed by atoms with van der Waals surface area (Å²) in [7, 11) is 3.26. The number of carboxylic acids is 1. The Hall–Kier alpha value is -6.24. The van der Waals surface area contributed by atoms with Crippen LogP contribution < -0.4 is 30.7 Å². The van der Waals surface area contributed by atoms with E-state index in [9.17, 15) is 24.3 Å². The zero-order chi connectivity index (χ0) is 39.7. The van der Waals surface area contributed by atoms with E-state index in [1.54, 1.807) is 32.4 Å². The van der Waals surface area contributed by atoms with Crippen LogP contribution in [0.3, 0.4) is 0 Å². The van der Waals surface area contributed by atoms with E-state index in [-0.39, 0.29) is 37.0 Å². The Morgan fingerprint density at radius 2 is 1.41 bits per heavy atom. The highest BCUT2D eigenvalue weighted by molar-refractivity contribution is 6.10. The van der Waals surface area contributed by atoms with Crippen molar-refractivity contribution in [3.8, 4) is 11.5 Å². The lowest BCUT2D eigenvalue weighted by Gasteiger charge is -2.24. The number of hydrogen-bond donors (Lipinski definition) is 5. The smallest absolute Gasteiger partial charge is 0.305 e. The molecule has 3 atom stereocenters. The lowest BCUT2D eigenvalue weighted by Crippen LogP contribution is -2.51. The monoisotopic (exact) mass is 760 g/mol. The summed E-state index contributed by atoms with van der Waals surface area (Å²) in [6.45, 7) is 0.692. The van der Waals surface area contributed by atoms with Gasteiger partial charge in [0.1, 0.15) is 30.2 Å². The molecule has 5 rings (SSSR count). The van der Waals surface area contributed by atoms with Gasteiger partial charge in [0.2, 0.25) is 11.8 Å². The first-order valence-corrected chi connectivity index (χ1v) is 18.4. The average molecular weight is 761 g/mol. The van der Waals surface area contributed by atoms with Gasteiger partial charge in [-0.2, -0.15) is 0 Å². The van der Waals surface area contributed by atoms with Crippen LogP contribution in [0.5, 0.6) is 11.5 Å². The Kier molecular flexibility index (Phi) is 15.4. The molecule has 0 radical (unpaired) electrons. The predicted octanol–water partition coefficient (Wildman–Crippen LogP) is 4.69. The van der Waals surface area contributed by atoms with Crippen molar-refractivity contribution in [2.45, 2.75) is 44.0 Å². The van der Waals surface area contributed by atoms with Gasteiger partial charge in [-0.15, -0.1) is 0 Å². The third kappa shape index (κ3) is 12.1. The van der Waals surface area contributed by atoms with Gasteiger partial charge in [-0.05, 0) is 65.6 Å². The molecule has 5 aromatic rings. The molecule has 3 unspecified atom stereocenters. The van der Waals surface area contributed by atoms with E-state index in [4.69, 9.17) is 14.2 Å². The summed E-state index contributed by atoms with van der Waals surface area (Å²) < 4.78 is 17.5. The molecular weight excluding hydrogens is 713 g/mol. The fourth-order valence-corrected chi connectivity index (χ4v) is 6.20. The second-order valence-electron chi connectivity index (χ2n) is 13.2. The van der Waals surface area contributed by atoms with Crippen LogP contribution in [0.4, 0.5) is 0 Å². The highest BCUT2D eigenvalue weighted by Crippen LogP contribution is 2.29. The Balaban J connectivity index is 1.31. The van der Waals surface area contributed by atoms with E-state index in [0.717, 1.165) is 22.1 Å². The number of likely N-dealkylation sites (N-methyl/N-ethyl adjacent to an activating group) is 1. The number of nitrogens with one attached hydrogen (secondary N) is 4. The zero-order valence-corrected chi connectivity index (χ0v) is 31.5. The minimum atomic E-state index is -1.37. The minimum absolute atomic E-state index is 0.0100. The first-order valence-electron chi connectivity index (χ1n) is 18.4. The molecule has 0 aliphatic heterocycles. The molecule has 56 heavy (non-hydrogen) atoms. The average Bonchev–Trinajstić information content (AvgIpc) is 3.21. The largest absolute Gasteiger partial charge is 0.497 e. The molecule has 5 N–H and O–H groups in total. The number of benzene rings is 5. The minimum Gasteiger partial charge on any atom is -0.497 e. The highest BCUT2D eigenvalue weighted by atomic mass is 16.5. The van der Waals surface area contributed by atoms with Crippen LogP contribution in [0, 0.1) is 0 Å². The van der Waals surface area contributed by atoms with Crippen molar-refractivity contribution in [1.82, 2.24) is 21.3 Å². The number of carbonyl (C=O) groups excluding carboxylic acids is 3. The van der Waals surface area contributed by atoms with E-state index < -0.39 is 42.3 Å². The molecule has 3 amide bonds. The van der Waals surface area contributed by atoms with Gasteiger partial charge in [0.05, 0.1) is 38.3 Å². The van der Waals surface area contributed by atoms with Crippen LogP contribution in [0.1, 0.15) is 33.5 Å². The Morgan fingerprint density at radius 1 is 0.714 bits per heavy atom. The van der Waals surface area contributed by atoms with Crippen LogP contribution in [0.25, 0.3) is 10.8 Å². The fraction of sp³-hybridized carbons (Fsp3) is 0.273. The maximum atomic E-state index is 14.1. The first kappa shape index (κ1) is 40.9. The van der Waals surface area contributed by atoms with Crippen LogP contribution in [-0.4, -0.2) is 80.8 Å². The number of aliphatic carboxylic acids is 1. The maximum Gasteiger partial charge on any atom is 0.305 e. The molecular formula is C44H48N4O8. The predicted molar refractivity (Wildman–Crippen MR) is 214 cm³/mol. The second-order valence-corrected chi connectivity index (χ2v) is 13.2. The highest BCUT2D eigenvalue weighted by Gasteiger charge is 2.28. The number of methoxy groups -OCH3 is 1. The fourth-order valence-electron chi connectivity index (χ4n) is 6.20. The number of carbonyl (C=O) groups is 4. The molecule has 0 heterocycles. The van der Waals surface area contributed by atoms with Crippen molar-refractivity contribution in [1.29, 1.82) is 0 Å². The van der Waals surface area contributed by atoms with Gasteiger partial charge in [-0.1, -0.05) is 103 Å². The molecule has 12 heteroatoms. The van der Waals surface area contributed by atoms with Crippen molar-refractivity contribution >= 4 is 34.5 Å². The molecule has 0 fully saturated rings. The van der Waals surface area contributed by atoms with Crippen LogP contribution in [-0.2, 0) is 38.6 Å². The first-order chi connectivity index (χ1) is 27.2. The number of rotatable bonds is 21. The SMILES string of the molecule is CNC(COCc1ccccc1)C(=O)NC(COc1ccc2ccccc2c1C(=O)NC(CC(=O)O)C(=O)NCCc1cccc(OC)c1)Cc1ccccc1. The number of amides is 3. The molecule has 12 nitrogen and oxygen atoms in total. The van der Waals surface area contributed by atoms with Gasteiger partial charge in [0.25, 0.3) is 5.91 Å². The van der Waals surface area contributed by atoms with E-state index in [2.05, 4.69) is 21.3 Å². The van der Waals surface area contributed by atoms with Gasteiger partial charge in [-0.25, -0.2) is 0 Å². The summed E-state index contributed by atoms with van der Waals surface area (Å²) in [6.07, 6.45) is 0.263. The summed E-state index contributed by atoms with van der Waals surface area (Å²) in [6, 6.07) is 34.9. The number of fused-ring (bicyclic) bond motifs is 1. The van der Waals surface area contributed by atoms with Gasteiger partial charge in [-0.3, -0.25) is 19.2 Å². The molecule has 0 saturated carbocycles. The van der Waals surface area contributed by atoms with Crippen molar-refractivity contribution in [3.05, 3.63) is 144 Å². The zero-order valence-electron chi connectivity index (χ0n) is 31.5. The Morgan fingerprint density at radius 3 is 2.12 bits per heavy atom. The van der Waals surface area contributed by atoms with Crippen LogP contribution in [0.15, 0.2) is 121 Å². The number of hydrogen-bond acceptors (Lipinski definition) is 8. The summed E-state index contributed by atoms with van der Waals surface area (Å²) in [5.41, 5.74) is 3.01. The molecule has 0 bridgehead atoms. The van der Waals surface area contributed by atoms with E-state index in [1.165, 1.54) is 0 Å². The Bertz CT molecular complexity index is 2060. The normalized spacial score (nSPS) is 12.5. The third-order valence-corrected chi connectivity index (χ3v) is 9.14. The van der Waals surface area contributed by atoms with Crippen molar-refractivity contribution in [2.75, 3.05) is 33.9 Å². The molecule has 5 aromatic carbocycles. The van der Waals surface area contributed by atoms with E-state index in [0.29, 0.717) is 30.6 Å². The van der Waals surface area contributed by atoms with Crippen molar-refractivity contribution in [3.63, 3.8) is 0 Å². The standard InChI is InChI=1S/C44H48N4O8/c1-45-38(29-55-27-32-14-7-4-8-15-32)43(52)47-34(24-30-12-5-3-6-13-30)28-56-39-21-20-33-17-9-10-19-36(33)41(39)44(53)48-37(26-40(49)50)42(51)46-23-22-31-16-11-18-35(25-31)54-2/h3-21,25,34,37-38,45H,22-24,26-29H2,1-2H3,(H,46,51)(H,47,52)(H,48,53)(H,49,50). The maximum absolute atomic E-state index is 14.1. The summed E-state index contributed by atoms with van der Waals surface area (Å²) in [4.78, 5) is 52.9. The number of ether oxygens (including phenoxy) is 3. The van der Waals surface area contributed by atoms with Crippen molar-refractivity contribution in [2.24, 2.45) is 0 Å². The van der Waals surface area contributed by atoms with Gasteiger partial charge in [0, 0.05) is 6.54 Å². The van der Waals surface area contributed by atoms with E-state index in [1.807, 2.05) is 103 Å². The molecule has 0 saturated heterocycles. The topological polar surface area (TPSA) is 164 Å². The van der Waals surface area contributed by atoms with E-state index >= 15 is 0 Å². The molecule has 292 valence electrons. The molecule has 0 aliphatic carbocycles. The summed E-state index contributed by atoms with van der Waals surface area (Å²) >= 11 is 0. The van der Waals surface area contributed by atoms with Gasteiger partial charge < -0.3 is 40.6 Å². The van der Waals surface area contributed by atoms with Crippen molar-refractivity contribution < 1.29 is 38.5 Å². The van der Waals surface area contributed by atoms with Crippen LogP contribution in [0.2, 0.25) is 0 Å². The lowest BCUT2D eigenvalue weighted by molar-refractivity contribution is -0.139. The summed E-state index contributed by atoms with van der Waals surface area (Å²) in [5, 5.41) is 22.5. The van der Waals surface area contributed by atoms with Gasteiger partial charge >= 0.3 is 5.97 Å². The third-order valence-electron chi connectivity index (χ3n) is 9.14. The molecule has 0 aliphatic rings. The second kappa shape index (κ2) is 21.0.